The fourth-order valence-corrected chi connectivity index (χ4v) is 5.20. The number of likely N-dealkylation sites (N-methyl/N-ethyl adjacent to an activating group) is 1. The fraction of sp³-hybridized carbons (Fsp3) is 0.800. The number of aliphatic hydroxyl groups is 1. The van der Waals surface area contributed by atoms with Crippen LogP contribution in [0, 0.1) is 0 Å². The molecule has 0 radical (unpaired) electrons. The number of hydrogen-bond donors (Lipinski definition) is 3. The summed E-state index contributed by atoms with van der Waals surface area (Å²) >= 11 is 0. The lowest BCUT2D eigenvalue weighted by molar-refractivity contribution is -0.870. The molecule has 44 heavy (non-hydrogen) atoms. The van der Waals surface area contributed by atoms with Gasteiger partial charge in [0.15, 0.2) is 0 Å². The zero-order valence-corrected chi connectivity index (χ0v) is 29.8. The van der Waals surface area contributed by atoms with E-state index in [0.717, 1.165) is 64.2 Å². The summed E-state index contributed by atoms with van der Waals surface area (Å²) in [5.41, 5.74) is 0. The van der Waals surface area contributed by atoms with Crippen molar-refractivity contribution in [3.63, 3.8) is 0 Å². The van der Waals surface area contributed by atoms with Crippen molar-refractivity contribution in [3.05, 3.63) is 36.5 Å². The predicted molar refractivity (Wildman–Crippen MR) is 184 cm³/mol. The average molecular weight is 644 g/mol. The number of nitrogens with zero attached hydrogens (tertiary/aromatic N) is 1. The highest BCUT2D eigenvalue weighted by Crippen LogP contribution is 2.43. The molecule has 0 saturated carbocycles. The molecule has 0 aromatic carbocycles. The number of quaternary nitrogens is 1. The van der Waals surface area contributed by atoms with E-state index < -0.39 is 20.0 Å². The van der Waals surface area contributed by atoms with Gasteiger partial charge in [-0.15, -0.1) is 0 Å². The van der Waals surface area contributed by atoms with Crippen molar-refractivity contribution in [3.8, 4) is 0 Å². The number of aliphatic hydroxyl groups excluding tert-OH is 1. The van der Waals surface area contributed by atoms with Gasteiger partial charge in [-0.3, -0.25) is 13.8 Å². The van der Waals surface area contributed by atoms with Gasteiger partial charge >= 0.3 is 7.82 Å². The first-order chi connectivity index (χ1) is 21.0. The van der Waals surface area contributed by atoms with Crippen molar-refractivity contribution in [2.75, 3.05) is 40.9 Å². The summed E-state index contributed by atoms with van der Waals surface area (Å²) in [7, 11) is 1.54. The molecule has 0 aliphatic heterocycles. The first kappa shape index (κ1) is 42.7. The molecule has 0 rings (SSSR count). The van der Waals surface area contributed by atoms with Crippen LogP contribution in [0.1, 0.15) is 129 Å². The third kappa shape index (κ3) is 29.4. The second kappa shape index (κ2) is 28.0. The van der Waals surface area contributed by atoms with Crippen LogP contribution >= 0.6 is 7.82 Å². The highest BCUT2D eigenvalue weighted by molar-refractivity contribution is 7.47. The van der Waals surface area contributed by atoms with E-state index in [1.165, 1.54) is 44.9 Å². The number of allylic oxidation sites excluding steroid dienone is 5. The highest BCUT2D eigenvalue weighted by atomic mass is 31.2. The fourth-order valence-electron chi connectivity index (χ4n) is 4.47. The number of amides is 1. The molecule has 0 aliphatic carbocycles. The molecule has 0 fully saturated rings. The topological polar surface area (TPSA) is 105 Å². The van der Waals surface area contributed by atoms with Crippen LogP contribution in [0.3, 0.4) is 0 Å². The molecule has 0 heterocycles. The van der Waals surface area contributed by atoms with Crippen LogP contribution in [0.25, 0.3) is 0 Å². The minimum atomic E-state index is -4.33. The Morgan fingerprint density at radius 1 is 0.750 bits per heavy atom. The average Bonchev–Trinajstić information content (AvgIpc) is 2.95. The SMILES string of the molecule is CCC/C=C\CCCCCCCC(=O)NC(COP(=O)(O)OCC[N+](C)(C)C)C(O)/C=C/CC/C=C/CCCCCCCC. The first-order valence-corrected chi connectivity index (χ1v) is 18.9. The van der Waals surface area contributed by atoms with Crippen molar-refractivity contribution in [2.45, 2.75) is 142 Å². The maximum Gasteiger partial charge on any atom is 0.472 e. The van der Waals surface area contributed by atoms with E-state index in [1.807, 2.05) is 27.2 Å². The molecule has 0 aliphatic rings. The zero-order chi connectivity index (χ0) is 32.9. The predicted octanol–water partition coefficient (Wildman–Crippen LogP) is 8.40. The number of nitrogens with one attached hydrogen (secondary N) is 1. The van der Waals surface area contributed by atoms with Crippen LogP contribution < -0.4 is 5.32 Å². The van der Waals surface area contributed by atoms with Crippen LogP contribution in [-0.2, 0) is 18.4 Å². The molecule has 1 amide bonds. The van der Waals surface area contributed by atoms with Crippen LogP contribution in [0.5, 0.6) is 0 Å². The molecular weight excluding hydrogens is 575 g/mol. The van der Waals surface area contributed by atoms with Gasteiger partial charge in [-0.2, -0.15) is 0 Å². The summed E-state index contributed by atoms with van der Waals surface area (Å²) in [6.45, 7) is 4.66. The number of unbranched alkanes of at least 4 members (excludes halogenated alkanes) is 13. The lowest BCUT2D eigenvalue weighted by atomic mass is 10.1. The van der Waals surface area contributed by atoms with Crippen LogP contribution in [0.15, 0.2) is 36.5 Å². The van der Waals surface area contributed by atoms with Crippen molar-refractivity contribution in [1.82, 2.24) is 5.32 Å². The number of phosphoric ester groups is 1. The Labute approximate surface area is 270 Å². The van der Waals surface area contributed by atoms with Crippen molar-refractivity contribution < 1.29 is 32.9 Å². The van der Waals surface area contributed by atoms with Crippen molar-refractivity contribution >= 4 is 13.7 Å². The summed E-state index contributed by atoms with van der Waals surface area (Å²) in [4.78, 5) is 22.8. The molecule has 8 nitrogen and oxygen atoms in total. The Kier molecular flexibility index (Phi) is 27.2. The largest absolute Gasteiger partial charge is 0.472 e. The van der Waals surface area contributed by atoms with E-state index >= 15 is 0 Å². The van der Waals surface area contributed by atoms with Crippen molar-refractivity contribution in [1.29, 1.82) is 0 Å². The number of hydrogen-bond acceptors (Lipinski definition) is 5. The first-order valence-electron chi connectivity index (χ1n) is 17.4. The number of carbonyl (C=O) groups excluding carboxylic acids is 1. The Balaban J connectivity index is 4.69. The molecule has 0 saturated heterocycles. The minimum absolute atomic E-state index is 0.0537. The van der Waals surface area contributed by atoms with Crippen LogP contribution in [-0.4, -0.2) is 73.4 Å². The number of rotatable bonds is 30. The van der Waals surface area contributed by atoms with E-state index in [9.17, 15) is 19.4 Å². The maximum atomic E-state index is 12.7. The second-order valence-electron chi connectivity index (χ2n) is 12.9. The molecule has 9 heteroatoms. The number of carbonyl (C=O) groups is 1. The van der Waals surface area contributed by atoms with E-state index in [0.29, 0.717) is 17.4 Å². The molecule has 3 atom stereocenters. The number of phosphoric acid groups is 1. The zero-order valence-electron chi connectivity index (χ0n) is 28.9. The molecule has 0 spiro atoms. The van der Waals surface area contributed by atoms with Gasteiger partial charge in [-0.05, 0) is 51.4 Å². The Morgan fingerprint density at radius 2 is 1.30 bits per heavy atom. The second-order valence-corrected chi connectivity index (χ2v) is 14.3. The summed E-state index contributed by atoms with van der Waals surface area (Å²) in [5, 5.41) is 13.6. The van der Waals surface area contributed by atoms with Gasteiger partial charge < -0.3 is 19.8 Å². The Hall–Kier alpha value is -1.28. The summed E-state index contributed by atoms with van der Waals surface area (Å²) in [5.74, 6) is -0.204. The van der Waals surface area contributed by atoms with Gasteiger partial charge in [-0.25, -0.2) is 4.57 Å². The molecule has 3 N–H and O–H groups in total. The van der Waals surface area contributed by atoms with Gasteiger partial charge in [0.05, 0.1) is 39.9 Å². The van der Waals surface area contributed by atoms with Gasteiger partial charge in [0, 0.05) is 6.42 Å². The summed E-state index contributed by atoms with van der Waals surface area (Å²) in [6.07, 6.45) is 30.7. The van der Waals surface area contributed by atoms with Gasteiger partial charge in [0.1, 0.15) is 13.2 Å². The monoisotopic (exact) mass is 643 g/mol. The normalized spacial score (nSPS) is 15.3. The third-order valence-electron chi connectivity index (χ3n) is 7.31. The molecule has 0 bridgehead atoms. The van der Waals surface area contributed by atoms with E-state index in [1.54, 1.807) is 6.08 Å². The molecule has 0 aromatic rings. The standard InChI is InChI=1S/C35H67N2O6P/c1-6-8-10-12-14-16-18-19-20-22-24-26-28-34(38)33(32-43-44(40,41)42-31-30-37(3,4)5)36-35(39)29-27-25-23-21-17-15-13-11-9-7-2/h11,13,19-20,26,28,33-34,38H,6-10,12,14-18,21-25,27,29-32H2,1-5H3,(H-,36,39,40,41)/p+1/b13-11-,20-19+,28-26+. The smallest absolute Gasteiger partial charge is 0.387 e. The van der Waals surface area contributed by atoms with Gasteiger partial charge in [-0.1, -0.05) is 108 Å². The molecule has 3 unspecified atom stereocenters. The van der Waals surface area contributed by atoms with E-state index in [4.69, 9.17) is 9.05 Å². The Morgan fingerprint density at radius 3 is 1.91 bits per heavy atom. The molecular formula is C35H68N2O6P+. The quantitative estimate of drug-likeness (QED) is 0.0314. The highest BCUT2D eigenvalue weighted by Gasteiger charge is 2.27. The maximum absolute atomic E-state index is 12.7. The van der Waals surface area contributed by atoms with Crippen LogP contribution in [0.2, 0.25) is 0 Å². The molecule has 258 valence electrons. The van der Waals surface area contributed by atoms with E-state index in [2.05, 4.69) is 43.5 Å². The Bertz CT molecular complexity index is 825. The minimum Gasteiger partial charge on any atom is -0.387 e. The lowest BCUT2D eigenvalue weighted by Crippen LogP contribution is -2.45. The van der Waals surface area contributed by atoms with Gasteiger partial charge in [0.25, 0.3) is 0 Å². The third-order valence-corrected chi connectivity index (χ3v) is 8.30. The van der Waals surface area contributed by atoms with Crippen molar-refractivity contribution in [2.24, 2.45) is 0 Å². The van der Waals surface area contributed by atoms with Crippen LogP contribution in [0.4, 0.5) is 0 Å². The lowest BCUT2D eigenvalue weighted by Gasteiger charge is -2.25. The summed E-state index contributed by atoms with van der Waals surface area (Å²) in [6, 6.07) is -0.862. The molecule has 0 aromatic heterocycles. The van der Waals surface area contributed by atoms with Gasteiger partial charge in [0.2, 0.25) is 5.91 Å². The van der Waals surface area contributed by atoms with E-state index in [-0.39, 0.29) is 19.1 Å². The summed E-state index contributed by atoms with van der Waals surface area (Å²) < 4.78 is 23.3.